The molecule has 2 amide bonds. The van der Waals surface area contributed by atoms with Crippen LogP contribution in [0.1, 0.15) is 6.92 Å². The van der Waals surface area contributed by atoms with Crippen LogP contribution < -0.4 is 10.6 Å². The Morgan fingerprint density at radius 3 is 2.62 bits per heavy atom. The van der Waals surface area contributed by atoms with Crippen molar-refractivity contribution in [2.75, 3.05) is 20.7 Å². The molecule has 2 N–H and O–H groups in total. The molecule has 7 heteroatoms. The molecule has 0 aromatic heterocycles. The van der Waals surface area contributed by atoms with Gasteiger partial charge in [0.05, 0.1) is 6.61 Å². The fraction of sp³-hybridized carbons (Fsp3) is 0.444. The number of ether oxygens (including phenoxy) is 1. The van der Waals surface area contributed by atoms with Crippen LogP contribution in [0.25, 0.3) is 0 Å². The fourth-order valence-corrected chi connectivity index (χ4v) is 0.940. The van der Waals surface area contributed by atoms with Crippen LogP contribution in [0.15, 0.2) is 11.5 Å². The number of rotatable bonds is 5. The molecular formula is C9H14N4O3. The van der Waals surface area contributed by atoms with Crippen LogP contribution in [0, 0.1) is 11.3 Å². The topological polar surface area (TPSA) is 94.5 Å². The van der Waals surface area contributed by atoms with Gasteiger partial charge in [0.25, 0.3) is 0 Å². The Balaban J connectivity index is 4.91. The van der Waals surface area contributed by atoms with E-state index in [4.69, 9.17) is 5.26 Å². The standard InChI is InChI=1S/C9H14N4O3/c1-4-16-9(15)12-7(5-10)8(11-2)13(3)6-14/h6,11H,4H2,1-3H3,(H,12,15)/b8-7+. The normalized spacial score (nSPS) is 10.6. The van der Waals surface area contributed by atoms with Gasteiger partial charge < -0.3 is 15.0 Å². The second-order valence-corrected chi connectivity index (χ2v) is 2.65. The molecule has 0 spiro atoms. The van der Waals surface area contributed by atoms with Crippen molar-refractivity contribution in [3.05, 3.63) is 11.5 Å². The lowest BCUT2D eigenvalue weighted by Gasteiger charge is -2.17. The predicted molar refractivity (Wildman–Crippen MR) is 55.7 cm³/mol. The highest BCUT2D eigenvalue weighted by molar-refractivity contribution is 5.71. The molecule has 0 rings (SSSR count). The molecule has 16 heavy (non-hydrogen) atoms. The summed E-state index contributed by atoms with van der Waals surface area (Å²) in [7, 11) is 2.97. The Hall–Kier alpha value is -2.23. The first-order valence-corrected chi connectivity index (χ1v) is 4.54. The minimum atomic E-state index is -0.744. The van der Waals surface area contributed by atoms with Crippen LogP contribution in [0.3, 0.4) is 0 Å². The van der Waals surface area contributed by atoms with Gasteiger partial charge in [0.2, 0.25) is 6.41 Å². The van der Waals surface area contributed by atoms with Crippen LogP contribution >= 0.6 is 0 Å². The maximum Gasteiger partial charge on any atom is 0.412 e. The van der Waals surface area contributed by atoms with E-state index in [1.54, 1.807) is 13.0 Å². The summed E-state index contributed by atoms with van der Waals surface area (Å²) in [5.41, 5.74) is -0.0875. The van der Waals surface area contributed by atoms with Crippen LogP contribution in [-0.4, -0.2) is 38.1 Å². The molecule has 0 radical (unpaired) electrons. The zero-order chi connectivity index (χ0) is 12.6. The summed E-state index contributed by atoms with van der Waals surface area (Å²) in [6.45, 7) is 1.84. The zero-order valence-electron chi connectivity index (χ0n) is 9.40. The summed E-state index contributed by atoms with van der Waals surface area (Å²) in [4.78, 5) is 22.8. The Labute approximate surface area is 93.7 Å². The lowest BCUT2D eigenvalue weighted by molar-refractivity contribution is -0.115. The van der Waals surface area contributed by atoms with Gasteiger partial charge in [-0.2, -0.15) is 5.26 Å². The van der Waals surface area contributed by atoms with E-state index in [-0.39, 0.29) is 18.1 Å². The third kappa shape index (κ3) is 3.88. The van der Waals surface area contributed by atoms with Crippen LogP contribution in [0.2, 0.25) is 0 Å². The molecular weight excluding hydrogens is 212 g/mol. The Kier molecular flexibility index (Phi) is 6.12. The third-order valence-electron chi connectivity index (χ3n) is 1.60. The number of carbonyl (C=O) groups excluding carboxylic acids is 2. The SMILES string of the molecule is CCOC(=O)N/C(C#N)=C(\NC)N(C)C=O. The first-order chi connectivity index (χ1) is 7.60. The van der Waals surface area contributed by atoms with Gasteiger partial charge in [-0.1, -0.05) is 0 Å². The van der Waals surface area contributed by atoms with E-state index in [9.17, 15) is 9.59 Å². The van der Waals surface area contributed by atoms with Crippen molar-refractivity contribution in [1.82, 2.24) is 15.5 Å². The van der Waals surface area contributed by atoms with Gasteiger partial charge in [0.15, 0.2) is 5.70 Å². The van der Waals surface area contributed by atoms with E-state index >= 15 is 0 Å². The molecule has 0 unspecified atom stereocenters. The zero-order valence-corrected chi connectivity index (χ0v) is 9.40. The molecule has 0 atom stereocenters. The van der Waals surface area contributed by atoms with Crippen molar-refractivity contribution >= 4 is 12.5 Å². The molecule has 7 nitrogen and oxygen atoms in total. The van der Waals surface area contributed by atoms with Crippen molar-refractivity contribution in [3.8, 4) is 6.07 Å². The smallest absolute Gasteiger partial charge is 0.412 e. The second-order valence-electron chi connectivity index (χ2n) is 2.65. The molecule has 0 saturated heterocycles. The summed E-state index contributed by atoms with van der Waals surface area (Å²) in [6.07, 6.45) is -0.234. The average molecular weight is 226 g/mol. The number of allylic oxidation sites excluding steroid dienone is 1. The van der Waals surface area contributed by atoms with Crippen molar-refractivity contribution in [3.63, 3.8) is 0 Å². The average Bonchev–Trinajstić information content (AvgIpc) is 2.28. The van der Waals surface area contributed by atoms with Gasteiger partial charge in [-0.05, 0) is 6.92 Å². The Morgan fingerprint density at radius 1 is 1.62 bits per heavy atom. The van der Waals surface area contributed by atoms with E-state index in [2.05, 4.69) is 15.4 Å². The summed E-state index contributed by atoms with van der Waals surface area (Å²) < 4.78 is 4.61. The van der Waals surface area contributed by atoms with Gasteiger partial charge in [0, 0.05) is 14.1 Å². The number of amides is 2. The molecule has 0 aliphatic carbocycles. The second kappa shape index (κ2) is 7.11. The molecule has 0 aliphatic heterocycles. The van der Waals surface area contributed by atoms with E-state index in [0.717, 1.165) is 4.90 Å². The number of nitriles is 1. The fourth-order valence-electron chi connectivity index (χ4n) is 0.940. The molecule has 0 aromatic carbocycles. The van der Waals surface area contributed by atoms with Gasteiger partial charge in [0.1, 0.15) is 11.9 Å². The quantitative estimate of drug-likeness (QED) is 0.497. The van der Waals surface area contributed by atoms with Crippen LogP contribution in [0.5, 0.6) is 0 Å². The highest BCUT2D eigenvalue weighted by atomic mass is 16.5. The number of carbonyl (C=O) groups is 2. The molecule has 0 heterocycles. The van der Waals surface area contributed by atoms with Gasteiger partial charge in [-0.15, -0.1) is 0 Å². The Bertz CT molecular complexity index is 332. The van der Waals surface area contributed by atoms with Crippen molar-refractivity contribution in [1.29, 1.82) is 5.26 Å². The molecule has 0 fully saturated rings. The molecule has 88 valence electrons. The van der Waals surface area contributed by atoms with Crippen molar-refractivity contribution < 1.29 is 14.3 Å². The summed E-state index contributed by atoms with van der Waals surface area (Å²) in [6, 6.07) is 1.76. The summed E-state index contributed by atoms with van der Waals surface area (Å²) in [5, 5.41) is 13.7. The van der Waals surface area contributed by atoms with E-state index in [1.807, 2.05) is 0 Å². The summed E-state index contributed by atoms with van der Waals surface area (Å²) >= 11 is 0. The monoisotopic (exact) mass is 226 g/mol. The summed E-state index contributed by atoms with van der Waals surface area (Å²) in [5.74, 6) is 0.186. The van der Waals surface area contributed by atoms with Gasteiger partial charge in [-0.25, -0.2) is 4.79 Å². The first kappa shape index (κ1) is 13.8. The number of nitrogens with one attached hydrogen (secondary N) is 2. The first-order valence-electron chi connectivity index (χ1n) is 4.54. The largest absolute Gasteiger partial charge is 0.450 e. The number of hydrogen-bond acceptors (Lipinski definition) is 5. The minimum absolute atomic E-state index is 0.0875. The highest BCUT2D eigenvalue weighted by Gasteiger charge is 2.12. The maximum atomic E-state index is 11.1. The third-order valence-corrected chi connectivity index (χ3v) is 1.60. The highest BCUT2D eigenvalue weighted by Crippen LogP contribution is 2.00. The van der Waals surface area contributed by atoms with Crippen LogP contribution in [0.4, 0.5) is 4.79 Å². The maximum absolute atomic E-state index is 11.1. The van der Waals surface area contributed by atoms with Crippen molar-refractivity contribution in [2.45, 2.75) is 6.92 Å². The van der Waals surface area contributed by atoms with E-state index < -0.39 is 6.09 Å². The predicted octanol–water partition coefficient (Wildman–Crippen LogP) is -0.267. The van der Waals surface area contributed by atoms with Crippen LogP contribution in [-0.2, 0) is 9.53 Å². The van der Waals surface area contributed by atoms with E-state index in [0.29, 0.717) is 6.41 Å². The molecule has 0 saturated carbocycles. The van der Waals surface area contributed by atoms with E-state index in [1.165, 1.54) is 14.1 Å². The Morgan fingerprint density at radius 2 is 2.25 bits per heavy atom. The van der Waals surface area contributed by atoms with Gasteiger partial charge in [-0.3, -0.25) is 10.1 Å². The molecule has 0 bridgehead atoms. The van der Waals surface area contributed by atoms with Gasteiger partial charge >= 0.3 is 6.09 Å². The number of alkyl carbamates (subject to hydrolysis) is 1. The van der Waals surface area contributed by atoms with Crippen molar-refractivity contribution in [2.24, 2.45) is 0 Å². The lowest BCUT2D eigenvalue weighted by Crippen LogP contribution is -2.33. The number of hydrogen-bond donors (Lipinski definition) is 2. The number of nitrogens with zero attached hydrogens (tertiary/aromatic N) is 2. The molecule has 0 aromatic rings. The molecule has 0 aliphatic rings. The minimum Gasteiger partial charge on any atom is -0.450 e. The lowest BCUT2D eigenvalue weighted by atomic mass is 10.4.